The molecule has 0 radical (unpaired) electrons. The van der Waals surface area contributed by atoms with Crippen molar-refractivity contribution in [3.8, 4) is 5.82 Å². The maximum absolute atomic E-state index is 5.06. The predicted molar refractivity (Wildman–Crippen MR) is 78.4 cm³/mol. The third-order valence-corrected chi connectivity index (χ3v) is 3.07. The number of aromatic nitrogens is 4. The molecule has 0 bridgehead atoms. The minimum Gasteiger partial charge on any atom is -0.385 e. The first-order chi connectivity index (χ1) is 9.61. The van der Waals surface area contributed by atoms with Crippen molar-refractivity contribution in [3.05, 3.63) is 29.8 Å². The largest absolute Gasteiger partial charge is 0.385 e. The molecule has 0 saturated heterocycles. The fourth-order valence-electron chi connectivity index (χ4n) is 2.05. The van der Waals surface area contributed by atoms with E-state index in [2.05, 4.69) is 20.0 Å². The summed E-state index contributed by atoms with van der Waals surface area (Å²) in [5.74, 6) is 1.58. The lowest BCUT2D eigenvalue weighted by Gasteiger charge is -2.18. The Balaban J connectivity index is 2.17. The maximum Gasteiger partial charge on any atom is 0.174 e. The number of aryl methyl sites for hydroxylation is 2. The summed E-state index contributed by atoms with van der Waals surface area (Å²) in [5, 5.41) is 4.43. The highest BCUT2D eigenvalue weighted by Crippen LogP contribution is 2.13. The summed E-state index contributed by atoms with van der Waals surface area (Å²) in [6, 6.07) is 2.02. The molecule has 6 heteroatoms. The Kier molecular flexibility index (Phi) is 4.68. The second-order valence-electron chi connectivity index (χ2n) is 4.84. The lowest BCUT2D eigenvalue weighted by Crippen LogP contribution is -2.21. The van der Waals surface area contributed by atoms with Crippen molar-refractivity contribution in [2.24, 2.45) is 0 Å². The highest BCUT2D eigenvalue weighted by Gasteiger charge is 2.08. The van der Waals surface area contributed by atoms with Crippen molar-refractivity contribution in [3.63, 3.8) is 0 Å². The summed E-state index contributed by atoms with van der Waals surface area (Å²) in [7, 11) is 3.72. The number of methoxy groups -OCH3 is 1. The monoisotopic (exact) mass is 275 g/mol. The quantitative estimate of drug-likeness (QED) is 0.752. The van der Waals surface area contributed by atoms with Crippen molar-refractivity contribution in [2.75, 3.05) is 32.2 Å². The van der Waals surface area contributed by atoms with E-state index in [1.807, 2.05) is 31.6 Å². The zero-order valence-electron chi connectivity index (χ0n) is 12.5. The standard InChI is InChI=1S/C14H21N5O/c1-11-8-12(2)19(17-11)14-10-15-9-13(16-14)18(3)6-5-7-20-4/h8-10H,5-7H2,1-4H3. The molecule has 20 heavy (non-hydrogen) atoms. The van der Waals surface area contributed by atoms with Gasteiger partial charge in [-0.2, -0.15) is 5.10 Å². The topological polar surface area (TPSA) is 56.1 Å². The molecule has 0 unspecified atom stereocenters. The van der Waals surface area contributed by atoms with Gasteiger partial charge < -0.3 is 9.64 Å². The van der Waals surface area contributed by atoms with Crippen molar-refractivity contribution in [1.29, 1.82) is 0 Å². The van der Waals surface area contributed by atoms with E-state index in [9.17, 15) is 0 Å². The van der Waals surface area contributed by atoms with Gasteiger partial charge in [0.1, 0.15) is 5.82 Å². The number of nitrogens with zero attached hydrogens (tertiary/aromatic N) is 5. The minimum absolute atomic E-state index is 0.742. The van der Waals surface area contributed by atoms with Gasteiger partial charge in [-0.25, -0.2) is 9.67 Å². The molecule has 2 aromatic rings. The van der Waals surface area contributed by atoms with Crippen LogP contribution in [0.25, 0.3) is 5.82 Å². The maximum atomic E-state index is 5.06. The Hall–Kier alpha value is -1.95. The molecule has 0 N–H and O–H groups in total. The zero-order chi connectivity index (χ0) is 14.5. The molecular weight excluding hydrogens is 254 g/mol. The SMILES string of the molecule is COCCCN(C)c1cncc(-n2nc(C)cc2C)n1. The third-order valence-electron chi connectivity index (χ3n) is 3.07. The minimum atomic E-state index is 0.742. The Bertz CT molecular complexity index is 566. The van der Waals surface area contributed by atoms with Gasteiger partial charge in [0.2, 0.25) is 0 Å². The fourth-order valence-corrected chi connectivity index (χ4v) is 2.05. The molecule has 0 spiro atoms. The average molecular weight is 275 g/mol. The summed E-state index contributed by atoms with van der Waals surface area (Å²) in [4.78, 5) is 11.0. The van der Waals surface area contributed by atoms with Crippen LogP contribution in [0.1, 0.15) is 17.8 Å². The van der Waals surface area contributed by atoms with Crippen LogP contribution in [0.15, 0.2) is 18.5 Å². The van der Waals surface area contributed by atoms with Crippen LogP contribution in [0.5, 0.6) is 0 Å². The van der Waals surface area contributed by atoms with Crippen LogP contribution in [0.3, 0.4) is 0 Å². The lowest BCUT2D eigenvalue weighted by atomic mass is 10.4. The van der Waals surface area contributed by atoms with Gasteiger partial charge in [-0.05, 0) is 26.3 Å². The Labute approximate surface area is 119 Å². The van der Waals surface area contributed by atoms with Gasteiger partial charge in [0.15, 0.2) is 5.82 Å². The van der Waals surface area contributed by atoms with Crippen molar-refractivity contribution < 1.29 is 4.74 Å². The molecule has 2 aromatic heterocycles. The number of ether oxygens (including phenoxy) is 1. The lowest BCUT2D eigenvalue weighted by molar-refractivity contribution is 0.196. The molecule has 0 saturated carbocycles. The molecule has 2 rings (SSSR count). The van der Waals surface area contributed by atoms with Gasteiger partial charge in [-0.15, -0.1) is 0 Å². The second-order valence-corrected chi connectivity index (χ2v) is 4.84. The Morgan fingerprint density at radius 2 is 2.10 bits per heavy atom. The van der Waals surface area contributed by atoms with E-state index in [1.165, 1.54) is 0 Å². The number of hydrogen-bond acceptors (Lipinski definition) is 5. The van der Waals surface area contributed by atoms with Gasteiger partial charge in [-0.3, -0.25) is 4.98 Å². The first kappa shape index (κ1) is 14.5. The third kappa shape index (κ3) is 3.33. The van der Waals surface area contributed by atoms with E-state index < -0.39 is 0 Å². The summed E-state index contributed by atoms with van der Waals surface area (Å²) < 4.78 is 6.88. The average Bonchev–Trinajstić information content (AvgIpc) is 2.78. The number of rotatable bonds is 6. The van der Waals surface area contributed by atoms with Crippen LogP contribution in [0, 0.1) is 13.8 Å². The van der Waals surface area contributed by atoms with Gasteiger partial charge in [0, 0.05) is 33.0 Å². The van der Waals surface area contributed by atoms with Crippen molar-refractivity contribution >= 4 is 5.82 Å². The van der Waals surface area contributed by atoms with Crippen LogP contribution in [0.2, 0.25) is 0 Å². The second kappa shape index (κ2) is 6.47. The Morgan fingerprint density at radius 3 is 2.75 bits per heavy atom. The highest BCUT2D eigenvalue weighted by atomic mass is 16.5. The fraction of sp³-hybridized carbons (Fsp3) is 0.500. The smallest absolute Gasteiger partial charge is 0.174 e. The molecule has 0 aliphatic carbocycles. The van der Waals surface area contributed by atoms with Crippen LogP contribution in [-0.4, -0.2) is 47.1 Å². The summed E-state index contributed by atoms with van der Waals surface area (Å²) in [5.41, 5.74) is 2.03. The molecule has 108 valence electrons. The summed E-state index contributed by atoms with van der Waals surface area (Å²) in [6.45, 7) is 5.60. The molecule has 0 amide bonds. The predicted octanol–water partition coefficient (Wildman–Crippen LogP) is 1.75. The molecule has 0 aromatic carbocycles. The van der Waals surface area contributed by atoms with E-state index in [4.69, 9.17) is 4.74 Å². The first-order valence-corrected chi connectivity index (χ1v) is 6.67. The first-order valence-electron chi connectivity index (χ1n) is 6.67. The van der Waals surface area contributed by atoms with Crippen LogP contribution >= 0.6 is 0 Å². The van der Waals surface area contributed by atoms with E-state index >= 15 is 0 Å². The van der Waals surface area contributed by atoms with Gasteiger partial charge in [-0.1, -0.05) is 0 Å². The molecule has 0 atom stereocenters. The normalized spacial score (nSPS) is 10.8. The molecule has 0 aliphatic rings. The number of hydrogen-bond donors (Lipinski definition) is 0. The summed E-state index contributed by atoms with van der Waals surface area (Å²) >= 11 is 0. The molecule has 2 heterocycles. The van der Waals surface area contributed by atoms with E-state index in [0.29, 0.717) is 0 Å². The highest BCUT2D eigenvalue weighted by molar-refractivity contribution is 5.38. The Morgan fingerprint density at radius 1 is 1.30 bits per heavy atom. The van der Waals surface area contributed by atoms with E-state index in [1.54, 1.807) is 19.5 Å². The van der Waals surface area contributed by atoms with Crippen molar-refractivity contribution in [2.45, 2.75) is 20.3 Å². The van der Waals surface area contributed by atoms with Gasteiger partial charge in [0.25, 0.3) is 0 Å². The van der Waals surface area contributed by atoms with Crippen LogP contribution < -0.4 is 4.90 Å². The van der Waals surface area contributed by atoms with E-state index in [-0.39, 0.29) is 0 Å². The van der Waals surface area contributed by atoms with Crippen LogP contribution in [0.4, 0.5) is 5.82 Å². The molecule has 0 fully saturated rings. The molecule has 0 aliphatic heterocycles. The van der Waals surface area contributed by atoms with E-state index in [0.717, 1.165) is 42.6 Å². The van der Waals surface area contributed by atoms with Gasteiger partial charge in [0.05, 0.1) is 18.1 Å². The summed E-state index contributed by atoms with van der Waals surface area (Å²) in [6.07, 6.45) is 4.45. The van der Waals surface area contributed by atoms with Gasteiger partial charge >= 0.3 is 0 Å². The molecular formula is C14H21N5O. The van der Waals surface area contributed by atoms with Crippen LogP contribution in [-0.2, 0) is 4.74 Å². The number of anilines is 1. The molecule has 6 nitrogen and oxygen atoms in total. The van der Waals surface area contributed by atoms with Crippen molar-refractivity contribution in [1.82, 2.24) is 19.7 Å². The zero-order valence-corrected chi connectivity index (χ0v) is 12.5.